The van der Waals surface area contributed by atoms with Gasteiger partial charge in [0.2, 0.25) is 0 Å². The largest absolute Gasteiger partial charge is 0.302 e. The van der Waals surface area contributed by atoms with Crippen molar-refractivity contribution in [3.05, 3.63) is 80.9 Å². The first-order valence-corrected chi connectivity index (χ1v) is 11.3. The van der Waals surface area contributed by atoms with Crippen molar-refractivity contribution in [2.75, 3.05) is 5.32 Å². The quantitative estimate of drug-likeness (QED) is 0.359. The maximum atomic E-state index is 12.9. The van der Waals surface area contributed by atoms with Gasteiger partial charge in [0, 0.05) is 46.8 Å². The molecule has 0 radical (unpaired) electrons. The molecule has 4 aromatic heterocycles. The van der Waals surface area contributed by atoms with E-state index in [-0.39, 0.29) is 16.5 Å². The van der Waals surface area contributed by atoms with Crippen molar-refractivity contribution in [2.45, 2.75) is 13.5 Å². The molecule has 0 atom stereocenters. The molecule has 0 unspecified atom stereocenters. The average Bonchev–Trinajstić information content (AvgIpc) is 3.48. The number of halogens is 3. The topological polar surface area (TPSA) is 94.9 Å². The van der Waals surface area contributed by atoms with Gasteiger partial charge in [-0.15, -0.1) is 0 Å². The maximum Gasteiger partial charge on any atom is 0.277 e. The molecule has 9 nitrogen and oxygen atoms in total. The first-order chi connectivity index (χ1) is 16.3. The van der Waals surface area contributed by atoms with Crippen LogP contribution in [-0.4, -0.2) is 40.1 Å². The Balaban J connectivity index is 1.40. The second-order valence-electron chi connectivity index (χ2n) is 7.61. The number of nitrogens with zero attached hydrogens (tertiary/aromatic N) is 7. The Labute approximate surface area is 208 Å². The minimum absolute atomic E-state index is 0.174. The molecule has 1 N–H and O–H groups in total. The number of anilines is 1. The number of aromatic nitrogens is 7. The number of aryl methyl sites for hydroxylation is 1. The van der Waals surface area contributed by atoms with Gasteiger partial charge in [-0.2, -0.15) is 15.3 Å². The number of hydrogen-bond acceptors (Lipinski definition) is 5. The van der Waals surface area contributed by atoms with Crippen molar-refractivity contribution < 1.29 is 4.79 Å². The van der Waals surface area contributed by atoms with Crippen molar-refractivity contribution in [1.29, 1.82) is 0 Å². The van der Waals surface area contributed by atoms with E-state index in [1.807, 2.05) is 26.1 Å². The number of fused-ring (bicyclic) bond motifs is 1. The first kappa shape index (κ1) is 22.4. The summed E-state index contributed by atoms with van der Waals surface area (Å²) in [4.78, 5) is 17.3. The predicted octanol–water partition coefficient (Wildman–Crippen LogP) is 4.90. The Morgan fingerprint density at radius 2 is 1.91 bits per heavy atom. The third-order valence-electron chi connectivity index (χ3n) is 5.40. The van der Waals surface area contributed by atoms with Crippen molar-refractivity contribution in [2.24, 2.45) is 7.05 Å². The third-order valence-corrected chi connectivity index (χ3v) is 6.26. The zero-order valence-corrected chi connectivity index (χ0v) is 20.3. The van der Waals surface area contributed by atoms with Gasteiger partial charge in [0.05, 0.1) is 18.4 Å². The summed E-state index contributed by atoms with van der Waals surface area (Å²) < 4.78 is 4.97. The van der Waals surface area contributed by atoms with Crippen molar-refractivity contribution in [3.8, 4) is 11.3 Å². The Hall–Kier alpha value is -3.40. The average molecular weight is 516 g/mol. The van der Waals surface area contributed by atoms with Gasteiger partial charge >= 0.3 is 0 Å². The normalized spacial score (nSPS) is 11.3. The molecule has 0 aliphatic heterocycles. The molecule has 0 saturated heterocycles. The van der Waals surface area contributed by atoms with Crippen LogP contribution in [0.25, 0.3) is 16.9 Å². The zero-order chi connectivity index (χ0) is 24.0. The summed E-state index contributed by atoms with van der Waals surface area (Å²) in [5, 5.41) is 17.2. The van der Waals surface area contributed by atoms with E-state index in [2.05, 4.69) is 25.6 Å². The van der Waals surface area contributed by atoms with Gasteiger partial charge < -0.3 is 5.32 Å². The highest BCUT2D eigenvalue weighted by Gasteiger charge is 2.19. The van der Waals surface area contributed by atoms with Crippen LogP contribution in [0, 0.1) is 6.92 Å². The Morgan fingerprint density at radius 3 is 2.65 bits per heavy atom. The summed E-state index contributed by atoms with van der Waals surface area (Å²) in [5.41, 5.74) is 4.15. The molecular weight excluding hydrogens is 499 g/mol. The highest BCUT2D eigenvalue weighted by atomic mass is 35.5. The summed E-state index contributed by atoms with van der Waals surface area (Å²) in [6, 6.07) is 8.64. The monoisotopic (exact) mass is 514 g/mol. The molecule has 1 amide bonds. The molecule has 5 rings (SSSR count). The molecule has 0 saturated carbocycles. The number of hydrogen-bond donors (Lipinski definition) is 1. The van der Waals surface area contributed by atoms with E-state index in [9.17, 15) is 4.79 Å². The summed E-state index contributed by atoms with van der Waals surface area (Å²) in [7, 11) is 1.86. The first-order valence-electron chi connectivity index (χ1n) is 10.1. The minimum Gasteiger partial charge on any atom is -0.302 e. The third kappa shape index (κ3) is 4.13. The molecule has 0 fully saturated rings. The second-order valence-corrected chi connectivity index (χ2v) is 8.86. The summed E-state index contributed by atoms with van der Waals surface area (Å²) in [5.74, 6) is -0.249. The van der Waals surface area contributed by atoms with Crippen LogP contribution < -0.4 is 5.32 Å². The van der Waals surface area contributed by atoms with Crippen LogP contribution in [0.5, 0.6) is 0 Å². The van der Waals surface area contributed by atoms with Crippen LogP contribution in [0.1, 0.15) is 21.7 Å². The predicted molar refractivity (Wildman–Crippen MR) is 131 cm³/mol. The van der Waals surface area contributed by atoms with E-state index >= 15 is 0 Å². The fourth-order valence-corrected chi connectivity index (χ4v) is 4.19. The lowest BCUT2D eigenvalue weighted by Crippen LogP contribution is -2.14. The van der Waals surface area contributed by atoms with Crippen LogP contribution >= 0.6 is 34.8 Å². The van der Waals surface area contributed by atoms with Crippen molar-refractivity contribution in [1.82, 2.24) is 34.2 Å². The van der Waals surface area contributed by atoms with Crippen LogP contribution in [-0.2, 0) is 13.6 Å². The van der Waals surface area contributed by atoms with Crippen LogP contribution in [0.3, 0.4) is 0 Å². The minimum atomic E-state index is -0.462. The number of nitrogens with one attached hydrogen (secondary N) is 1. The molecule has 12 heteroatoms. The maximum absolute atomic E-state index is 12.9. The van der Waals surface area contributed by atoms with Crippen LogP contribution in [0.15, 0.2) is 48.9 Å². The van der Waals surface area contributed by atoms with E-state index < -0.39 is 5.91 Å². The molecule has 0 aliphatic rings. The highest BCUT2D eigenvalue weighted by molar-refractivity contribution is 6.35. The van der Waals surface area contributed by atoms with Gasteiger partial charge in [-0.1, -0.05) is 40.9 Å². The van der Waals surface area contributed by atoms with Crippen molar-refractivity contribution in [3.63, 3.8) is 0 Å². The number of benzene rings is 1. The lowest BCUT2D eigenvalue weighted by molar-refractivity contribution is 0.102. The molecule has 4 heterocycles. The van der Waals surface area contributed by atoms with Gasteiger partial charge in [-0.05, 0) is 30.7 Å². The van der Waals surface area contributed by atoms with Gasteiger partial charge in [0.1, 0.15) is 5.02 Å². The number of amides is 1. The van der Waals surface area contributed by atoms with Gasteiger partial charge in [-0.25, -0.2) is 9.50 Å². The van der Waals surface area contributed by atoms with E-state index in [4.69, 9.17) is 34.8 Å². The second kappa shape index (κ2) is 8.75. The van der Waals surface area contributed by atoms with E-state index in [0.717, 1.165) is 22.5 Å². The molecule has 172 valence electrons. The molecule has 0 bridgehead atoms. The fraction of sp³-hybridized carbons (Fsp3) is 0.136. The van der Waals surface area contributed by atoms with E-state index in [0.29, 0.717) is 22.2 Å². The summed E-state index contributed by atoms with van der Waals surface area (Å²) >= 11 is 18.5. The molecule has 5 aromatic rings. The number of carbonyl (C=O) groups is 1. The molecule has 0 aliphatic carbocycles. The summed E-state index contributed by atoms with van der Waals surface area (Å²) in [6.45, 7) is 2.32. The Kier molecular flexibility index (Phi) is 5.76. The molecule has 0 spiro atoms. The Bertz CT molecular complexity index is 1550. The van der Waals surface area contributed by atoms with Crippen molar-refractivity contribution >= 4 is 52.2 Å². The molecular formula is C22H17Cl3N8O. The van der Waals surface area contributed by atoms with E-state index in [1.165, 1.54) is 0 Å². The Morgan fingerprint density at radius 1 is 1.09 bits per heavy atom. The standard InChI is InChI=1S/C22H17Cl3N8O/c1-12-15(9-27-31(12)2)19-5-6-26-20-8-18(29-33(19)20)22(34)28-21-17(25)11-32(30-21)10-13-3-4-14(23)7-16(13)24/h3-9,11H,10H2,1-2H3,(H,28,30,34). The molecule has 34 heavy (non-hydrogen) atoms. The number of carbonyl (C=O) groups excluding carboxylic acids is 1. The fourth-order valence-electron chi connectivity index (χ4n) is 3.52. The van der Waals surface area contributed by atoms with E-state index in [1.54, 1.807) is 50.7 Å². The highest BCUT2D eigenvalue weighted by Crippen LogP contribution is 2.26. The zero-order valence-electron chi connectivity index (χ0n) is 18.0. The lowest BCUT2D eigenvalue weighted by atomic mass is 10.2. The molecule has 1 aromatic carbocycles. The van der Waals surface area contributed by atoms with Gasteiger partial charge in [0.25, 0.3) is 5.91 Å². The summed E-state index contributed by atoms with van der Waals surface area (Å²) in [6.07, 6.45) is 5.03. The smallest absolute Gasteiger partial charge is 0.277 e. The SMILES string of the molecule is Cc1c(-c2ccnc3cc(C(=O)Nc4nn(Cc5ccc(Cl)cc5Cl)cc4Cl)nn23)cnn1C. The lowest BCUT2D eigenvalue weighted by Gasteiger charge is -2.05. The van der Waals surface area contributed by atoms with Crippen LogP contribution in [0.4, 0.5) is 5.82 Å². The van der Waals surface area contributed by atoms with Gasteiger partial charge in [-0.3, -0.25) is 14.2 Å². The number of rotatable bonds is 5. The van der Waals surface area contributed by atoms with Gasteiger partial charge in [0.15, 0.2) is 17.2 Å². The van der Waals surface area contributed by atoms with Crippen LogP contribution in [0.2, 0.25) is 15.1 Å².